The molecule has 3 rings (SSSR count). The molecule has 3 nitrogen and oxygen atoms in total. The van der Waals surface area contributed by atoms with Gasteiger partial charge in [-0.3, -0.25) is 9.69 Å². The fraction of sp³-hybridized carbons (Fsp3) is 0.421. The Morgan fingerprint density at radius 1 is 0.957 bits per heavy atom. The van der Waals surface area contributed by atoms with Gasteiger partial charge in [-0.05, 0) is 29.9 Å². The SMILES string of the molecule is O=C(CCc1cccs1)N1CCN(CCc2ccccc2)CC1. The fourth-order valence-corrected chi connectivity index (χ4v) is 3.70. The minimum atomic E-state index is 0.307. The van der Waals surface area contributed by atoms with Crippen LogP contribution in [0, 0.1) is 0 Å². The van der Waals surface area contributed by atoms with Crippen LogP contribution in [0.4, 0.5) is 0 Å². The number of rotatable bonds is 6. The zero-order chi connectivity index (χ0) is 15.9. The maximum absolute atomic E-state index is 12.3. The van der Waals surface area contributed by atoms with Gasteiger partial charge in [-0.15, -0.1) is 11.3 Å². The molecule has 2 aromatic rings. The molecular weight excluding hydrogens is 304 g/mol. The van der Waals surface area contributed by atoms with Crippen molar-refractivity contribution >= 4 is 17.2 Å². The van der Waals surface area contributed by atoms with Crippen molar-refractivity contribution in [1.82, 2.24) is 9.80 Å². The molecule has 122 valence electrons. The average molecular weight is 328 g/mol. The van der Waals surface area contributed by atoms with E-state index >= 15 is 0 Å². The first kappa shape index (κ1) is 16.2. The van der Waals surface area contributed by atoms with Gasteiger partial charge in [0.05, 0.1) is 0 Å². The molecule has 0 aliphatic carbocycles. The second-order valence-corrected chi connectivity index (χ2v) is 7.07. The van der Waals surface area contributed by atoms with Gasteiger partial charge in [0, 0.05) is 44.0 Å². The van der Waals surface area contributed by atoms with Crippen molar-refractivity contribution in [3.63, 3.8) is 0 Å². The maximum atomic E-state index is 12.3. The van der Waals surface area contributed by atoms with E-state index < -0.39 is 0 Å². The molecule has 0 unspecified atom stereocenters. The van der Waals surface area contributed by atoms with E-state index in [0.717, 1.165) is 45.6 Å². The molecule has 1 aromatic heterocycles. The van der Waals surface area contributed by atoms with Crippen LogP contribution in [0.1, 0.15) is 16.9 Å². The minimum absolute atomic E-state index is 0.307. The second-order valence-electron chi connectivity index (χ2n) is 6.04. The van der Waals surface area contributed by atoms with Crippen LogP contribution in [0.2, 0.25) is 0 Å². The number of amides is 1. The van der Waals surface area contributed by atoms with Crippen LogP contribution in [0.25, 0.3) is 0 Å². The Balaban J connectivity index is 1.37. The molecule has 0 N–H and O–H groups in total. The third-order valence-electron chi connectivity index (χ3n) is 4.45. The third-order valence-corrected chi connectivity index (χ3v) is 5.39. The Bertz CT molecular complexity index is 589. The lowest BCUT2D eigenvalue weighted by molar-refractivity contribution is -0.132. The molecule has 2 heterocycles. The summed E-state index contributed by atoms with van der Waals surface area (Å²) < 4.78 is 0. The van der Waals surface area contributed by atoms with Crippen LogP contribution in [-0.4, -0.2) is 48.4 Å². The van der Waals surface area contributed by atoms with Gasteiger partial charge in [0.2, 0.25) is 5.91 Å². The lowest BCUT2D eigenvalue weighted by Crippen LogP contribution is -2.49. The van der Waals surface area contributed by atoms with E-state index in [1.807, 2.05) is 4.90 Å². The summed E-state index contributed by atoms with van der Waals surface area (Å²) in [5.74, 6) is 0.307. The van der Waals surface area contributed by atoms with E-state index in [9.17, 15) is 4.79 Å². The van der Waals surface area contributed by atoms with Crippen molar-refractivity contribution in [2.24, 2.45) is 0 Å². The zero-order valence-corrected chi connectivity index (χ0v) is 14.3. The molecule has 1 fully saturated rings. The van der Waals surface area contributed by atoms with Crippen molar-refractivity contribution in [2.45, 2.75) is 19.3 Å². The van der Waals surface area contributed by atoms with Gasteiger partial charge in [0.25, 0.3) is 0 Å². The van der Waals surface area contributed by atoms with Gasteiger partial charge in [-0.25, -0.2) is 0 Å². The van der Waals surface area contributed by atoms with Crippen LogP contribution >= 0.6 is 11.3 Å². The summed E-state index contributed by atoms with van der Waals surface area (Å²) >= 11 is 1.74. The average Bonchev–Trinajstić information content (AvgIpc) is 3.13. The number of carbonyl (C=O) groups is 1. The van der Waals surface area contributed by atoms with Gasteiger partial charge < -0.3 is 4.90 Å². The highest BCUT2D eigenvalue weighted by molar-refractivity contribution is 7.09. The predicted molar refractivity (Wildman–Crippen MR) is 95.8 cm³/mol. The second kappa shape index (κ2) is 8.27. The summed E-state index contributed by atoms with van der Waals surface area (Å²) in [6.45, 7) is 4.83. The smallest absolute Gasteiger partial charge is 0.223 e. The molecule has 0 saturated carbocycles. The molecule has 0 atom stereocenters. The van der Waals surface area contributed by atoms with Gasteiger partial charge in [0.1, 0.15) is 0 Å². The predicted octanol–water partition coefficient (Wildman–Crippen LogP) is 3.07. The Labute approximate surface area is 142 Å². The van der Waals surface area contributed by atoms with Gasteiger partial charge in [0.15, 0.2) is 0 Å². The summed E-state index contributed by atoms with van der Waals surface area (Å²) in [5, 5.41) is 2.07. The van der Waals surface area contributed by atoms with Crippen molar-refractivity contribution in [3.8, 4) is 0 Å². The molecule has 1 amide bonds. The lowest BCUT2D eigenvalue weighted by Gasteiger charge is -2.34. The van der Waals surface area contributed by atoms with Gasteiger partial charge in [-0.2, -0.15) is 0 Å². The summed E-state index contributed by atoms with van der Waals surface area (Å²) in [5.41, 5.74) is 1.39. The Morgan fingerprint density at radius 3 is 2.43 bits per heavy atom. The van der Waals surface area contributed by atoms with Crippen molar-refractivity contribution in [3.05, 3.63) is 58.3 Å². The Morgan fingerprint density at radius 2 is 1.74 bits per heavy atom. The fourth-order valence-electron chi connectivity index (χ4n) is 3.00. The molecular formula is C19H24N2OS. The highest BCUT2D eigenvalue weighted by Crippen LogP contribution is 2.13. The van der Waals surface area contributed by atoms with E-state index in [1.54, 1.807) is 11.3 Å². The van der Waals surface area contributed by atoms with Crippen LogP contribution < -0.4 is 0 Å². The van der Waals surface area contributed by atoms with Crippen molar-refractivity contribution in [1.29, 1.82) is 0 Å². The maximum Gasteiger partial charge on any atom is 0.223 e. The zero-order valence-electron chi connectivity index (χ0n) is 13.5. The van der Waals surface area contributed by atoms with Crippen LogP contribution in [0.5, 0.6) is 0 Å². The molecule has 1 aromatic carbocycles. The Kier molecular flexibility index (Phi) is 5.83. The number of hydrogen-bond donors (Lipinski definition) is 0. The molecule has 0 radical (unpaired) electrons. The molecule has 1 aliphatic rings. The van der Waals surface area contributed by atoms with E-state index in [0.29, 0.717) is 12.3 Å². The van der Waals surface area contributed by atoms with Crippen LogP contribution in [0.15, 0.2) is 47.8 Å². The first-order valence-electron chi connectivity index (χ1n) is 8.38. The number of carbonyl (C=O) groups excluding carboxylic acids is 1. The van der Waals surface area contributed by atoms with E-state index in [1.165, 1.54) is 10.4 Å². The highest BCUT2D eigenvalue weighted by atomic mass is 32.1. The summed E-state index contributed by atoms with van der Waals surface area (Å²) in [7, 11) is 0. The quantitative estimate of drug-likeness (QED) is 0.814. The van der Waals surface area contributed by atoms with Crippen molar-refractivity contribution < 1.29 is 4.79 Å². The van der Waals surface area contributed by atoms with E-state index in [2.05, 4.69) is 52.7 Å². The Hall–Kier alpha value is -1.65. The molecule has 4 heteroatoms. The largest absolute Gasteiger partial charge is 0.340 e. The molecule has 1 aliphatic heterocycles. The normalized spacial score (nSPS) is 15.7. The monoisotopic (exact) mass is 328 g/mol. The number of piperazine rings is 1. The van der Waals surface area contributed by atoms with E-state index in [-0.39, 0.29) is 0 Å². The summed E-state index contributed by atoms with van der Waals surface area (Å²) in [6, 6.07) is 14.8. The molecule has 23 heavy (non-hydrogen) atoms. The summed E-state index contributed by atoms with van der Waals surface area (Å²) in [4.78, 5) is 18.1. The molecule has 1 saturated heterocycles. The first-order chi connectivity index (χ1) is 11.3. The molecule has 0 bridgehead atoms. The van der Waals surface area contributed by atoms with Crippen molar-refractivity contribution in [2.75, 3.05) is 32.7 Å². The highest BCUT2D eigenvalue weighted by Gasteiger charge is 2.20. The topological polar surface area (TPSA) is 23.6 Å². The number of aryl methyl sites for hydroxylation is 1. The lowest BCUT2D eigenvalue weighted by atomic mass is 10.1. The standard InChI is InChI=1S/C19H24N2OS/c22-19(9-8-18-7-4-16-23-18)21-14-12-20(13-15-21)11-10-17-5-2-1-3-6-17/h1-7,16H,8-15H2. The van der Waals surface area contributed by atoms with Crippen LogP contribution in [0.3, 0.4) is 0 Å². The van der Waals surface area contributed by atoms with E-state index in [4.69, 9.17) is 0 Å². The van der Waals surface area contributed by atoms with Crippen LogP contribution in [-0.2, 0) is 17.6 Å². The van der Waals surface area contributed by atoms with Gasteiger partial charge >= 0.3 is 0 Å². The molecule has 0 spiro atoms. The number of hydrogen-bond acceptors (Lipinski definition) is 3. The van der Waals surface area contributed by atoms with Gasteiger partial charge in [-0.1, -0.05) is 36.4 Å². The number of thiophene rings is 1. The first-order valence-corrected chi connectivity index (χ1v) is 9.26. The minimum Gasteiger partial charge on any atom is -0.340 e. The summed E-state index contributed by atoms with van der Waals surface area (Å²) in [6.07, 6.45) is 2.61. The third kappa shape index (κ3) is 4.91. The number of benzene rings is 1. The number of nitrogens with zero attached hydrogens (tertiary/aromatic N) is 2.